The third-order valence-electron chi connectivity index (χ3n) is 12.0. The number of aliphatic imine (C=N–C) groups is 1. The van der Waals surface area contributed by atoms with E-state index in [0.29, 0.717) is 25.9 Å². The van der Waals surface area contributed by atoms with Gasteiger partial charge in [0.2, 0.25) is 35.4 Å². The Kier molecular flexibility index (Phi) is 18.5. The zero-order chi connectivity index (χ0) is 47.6. The summed E-state index contributed by atoms with van der Waals surface area (Å²) in [5.74, 6) is -3.34. The monoisotopic (exact) mass is 906 g/mol. The molecule has 354 valence electrons. The topological polar surface area (TPSA) is 272 Å². The number of piperidine rings is 1. The average molecular weight is 906 g/mol. The summed E-state index contributed by atoms with van der Waals surface area (Å²) in [4.78, 5) is 91.9. The minimum absolute atomic E-state index is 0.0591. The van der Waals surface area contributed by atoms with Gasteiger partial charge in [-0.3, -0.25) is 33.8 Å². The van der Waals surface area contributed by atoms with Crippen LogP contribution < -0.4 is 48.7 Å². The number of fused-ring (bicyclic) bond motifs is 1. The molecule has 0 saturated carbocycles. The smallest absolute Gasteiger partial charge is 0.246 e. The molecule has 1 saturated heterocycles. The Bertz CT molecular complexity index is 2300. The SMILES string of the molecule is CCCCC(=O)NC1(C(=O)N[C@H](Cc2ccccc2)C(=O)N[C@@H](CCCN=C(N)N)C(=O)N[C@@H](CCc2c[nH]c3ccccc23)C(=O)NCC(N)=O)CCN(c2ccccc2C(C)C)CC1. The molecule has 3 atom stereocenters. The second-order valence-corrected chi connectivity index (χ2v) is 17.3. The number of carbonyl (C=O) groups is 6. The number of nitrogens with two attached hydrogens (primary N) is 3. The van der Waals surface area contributed by atoms with Crippen LogP contribution in [0.25, 0.3) is 10.9 Å². The Labute approximate surface area is 386 Å². The molecule has 0 bridgehead atoms. The summed E-state index contributed by atoms with van der Waals surface area (Å²) in [5, 5.41) is 15.2. The van der Waals surface area contributed by atoms with E-state index in [2.05, 4.69) is 67.4 Å². The van der Waals surface area contributed by atoms with Gasteiger partial charge in [-0.05, 0) is 79.7 Å². The molecule has 1 fully saturated rings. The van der Waals surface area contributed by atoms with Crippen molar-refractivity contribution >= 4 is 58.0 Å². The van der Waals surface area contributed by atoms with Crippen LogP contribution >= 0.6 is 0 Å². The second kappa shape index (κ2) is 24.4. The zero-order valence-electron chi connectivity index (χ0n) is 38.4. The van der Waals surface area contributed by atoms with Crippen molar-refractivity contribution in [3.8, 4) is 0 Å². The molecule has 5 rings (SSSR count). The molecule has 1 aromatic heterocycles. The number of unbranched alkanes of at least 4 members (excludes halogenated alkanes) is 1. The third kappa shape index (κ3) is 14.3. The number of amides is 6. The number of nitrogens with zero attached hydrogens (tertiary/aromatic N) is 2. The van der Waals surface area contributed by atoms with Crippen molar-refractivity contribution in [2.75, 3.05) is 31.1 Å². The maximum atomic E-state index is 14.8. The Morgan fingerprint density at radius 1 is 0.773 bits per heavy atom. The van der Waals surface area contributed by atoms with Crippen molar-refractivity contribution in [2.45, 2.75) is 115 Å². The molecule has 6 amide bonds. The molecule has 0 spiro atoms. The third-order valence-corrected chi connectivity index (χ3v) is 12.0. The van der Waals surface area contributed by atoms with Crippen molar-refractivity contribution in [3.63, 3.8) is 0 Å². The number of hydrogen-bond acceptors (Lipinski definition) is 8. The molecule has 0 unspecified atom stereocenters. The van der Waals surface area contributed by atoms with Gasteiger partial charge in [-0.2, -0.15) is 0 Å². The van der Waals surface area contributed by atoms with Crippen LogP contribution in [0.5, 0.6) is 0 Å². The first-order valence-corrected chi connectivity index (χ1v) is 23.0. The molecule has 12 N–H and O–H groups in total. The van der Waals surface area contributed by atoms with Gasteiger partial charge in [-0.1, -0.05) is 93.9 Å². The molecular formula is C49H67N11O6. The van der Waals surface area contributed by atoms with Crippen LogP contribution in [0.2, 0.25) is 0 Å². The number of primary amides is 1. The first-order chi connectivity index (χ1) is 31.7. The normalized spacial score (nSPS) is 14.6. The highest BCUT2D eigenvalue weighted by molar-refractivity contribution is 5.97. The summed E-state index contributed by atoms with van der Waals surface area (Å²) in [6.07, 6.45) is 5.04. The summed E-state index contributed by atoms with van der Waals surface area (Å²) in [6, 6.07) is 21.5. The van der Waals surface area contributed by atoms with Crippen molar-refractivity contribution in [2.24, 2.45) is 22.2 Å². The fourth-order valence-corrected chi connectivity index (χ4v) is 8.35. The van der Waals surface area contributed by atoms with Crippen molar-refractivity contribution < 1.29 is 28.8 Å². The van der Waals surface area contributed by atoms with E-state index in [1.807, 2.05) is 79.9 Å². The number of hydrogen-bond donors (Lipinski definition) is 9. The molecule has 0 radical (unpaired) electrons. The van der Waals surface area contributed by atoms with Crippen LogP contribution in [0.4, 0.5) is 5.69 Å². The summed E-state index contributed by atoms with van der Waals surface area (Å²) in [5.41, 5.74) is 20.0. The lowest BCUT2D eigenvalue weighted by atomic mass is 9.84. The molecule has 66 heavy (non-hydrogen) atoms. The van der Waals surface area contributed by atoms with Gasteiger partial charge >= 0.3 is 0 Å². The first kappa shape index (κ1) is 50.1. The highest BCUT2D eigenvalue weighted by atomic mass is 16.2. The van der Waals surface area contributed by atoms with Crippen LogP contribution in [-0.4, -0.2) is 96.2 Å². The number of aromatic amines is 1. The van der Waals surface area contributed by atoms with Crippen LogP contribution in [0, 0.1) is 0 Å². The van der Waals surface area contributed by atoms with Gasteiger partial charge in [0.1, 0.15) is 23.7 Å². The van der Waals surface area contributed by atoms with Crippen LogP contribution in [-0.2, 0) is 41.6 Å². The van der Waals surface area contributed by atoms with Gasteiger partial charge in [-0.25, -0.2) is 0 Å². The van der Waals surface area contributed by atoms with Gasteiger partial charge in [0.05, 0.1) is 6.54 Å². The van der Waals surface area contributed by atoms with E-state index in [1.165, 1.54) is 5.56 Å². The largest absolute Gasteiger partial charge is 0.371 e. The van der Waals surface area contributed by atoms with Gasteiger partial charge in [-0.15, -0.1) is 0 Å². The number of nitrogens with one attached hydrogen (secondary N) is 6. The summed E-state index contributed by atoms with van der Waals surface area (Å²) < 4.78 is 0. The predicted molar refractivity (Wildman–Crippen MR) is 257 cm³/mol. The standard InChI is InChI=1S/C49H67N11O6/c1-4-5-21-43(62)59-49(24-27-60(28-25-49)41-20-12-10-16-35(41)32(2)3)47(66)58-40(29-33-14-7-6-8-15-33)46(65)56-38(19-13-26-53-48(51)52)45(64)57-39(44(63)55-31-42(50)61)23-22-34-30-54-37-18-11-9-17-36(34)37/h6-12,14-18,20,30,32,38-40,54H,4-5,13,19,21-29,31H2,1-3H3,(H2,50,61)(H,55,63)(H,56,65)(H,57,64)(H,58,66)(H,59,62)(H4,51,52,53)/t38-,39-,40+/m0/s1. The molecule has 1 aliphatic heterocycles. The van der Waals surface area contributed by atoms with Gasteiger partial charge < -0.3 is 53.7 Å². The Hall–Kier alpha value is -6.91. The Balaban J connectivity index is 1.41. The van der Waals surface area contributed by atoms with E-state index in [0.717, 1.165) is 34.1 Å². The fraction of sp³-hybridized carbons (Fsp3) is 0.449. The number of aromatic nitrogens is 1. The molecule has 4 aromatic rings. The highest BCUT2D eigenvalue weighted by Gasteiger charge is 2.44. The van der Waals surface area contributed by atoms with E-state index < -0.39 is 59.7 Å². The number of benzene rings is 3. The van der Waals surface area contributed by atoms with Crippen LogP contribution in [0.15, 0.2) is 90.1 Å². The van der Waals surface area contributed by atoms with E-state index in [-0.39, 0.29) is 69.3 Å². The maximum absolute atomic E-state index is 14.8. The number of aryl methyl sites for hydroxylation is 1. The molecule has 0 aliphatic carbocycles. The number of guanidine groups is 1. The molecular weight excluding hydrogens is 839 g/mol. The van der Waals surface area contributed by atoms with E-state index in [4.69, 9.17) is 17.2 Å². The van der Waals surface area contributed by atoms with Gasteiger partial charge in [0.15, 0.2) is 5.96 Å². The lowest BCUT2D eigenvalue weighted by molar-refractivity contribution is -0.138. The fourth-order valence-electron chi connectivity index (χ4n) is 8.35. The van der Waals surface area contributed by atoms with Crippen molar-refractivity contribution in [1.82, 2.24) is 31.6 Å². The van der Waals surface area contributed by atoms with Gasteiger partial charge in [0.25, 0.3) is 0 Å². The van der Waals surface area contributed by atoms with Crippen LogP contribution in [0.1, 0.15) is 94.7 Å². The maximum Gasteiger partial charge on any atom is 0.246 e. The lowest BCUT2D eigenvalue weighted by Crippen LogP contribution is -2.66. The number of anilines is 1. The lowest BCUT2D eigenvalue weighted by Gasteiger charge is -2.43. The van der Waals surface area contributed by atoms with Crippen LogP contribution in [0.3, 0.4) is 0 Å². The summed E-state index contributed by atoms with van der Waals surface area (Å²) >= 11 is 0. The molecule has 17 heteroatoms. The predicted octanol–water partition coefficient (Wildman–Crippen LogP) is 2.92. The Morgan fingerprint density at radius 2 is 1.42 bits per heavy atom. The molecule has 17 nitrogen and oxygen atoms in total. The van der Waals surface area contributed by atoms with Crippen molar-refractivity contribution in [1.29, 1.82) is 0 Å². The number of carbonyl (C=O) groups excluding carboxylic acids is 6. The summed E-state index contributed by atoms with van der Waals surface area (Å²) in [6.45, 7) is 6.93. The number of rotatable bonds is 24. The quantitative estimate of drug-likeness (QED) is 0.0284. The van der Waals surface area contributed by atoms with Gasteiger partial charge in [0, 0.05) is 55.3 Å². The van der Waals surface area contributed by atoms with E-state index in [1.54, 1.807) is 0 Å². The first-order valence-electron chi connectivity index (χ1n) is 23.0. The molecule has 3 aromatic carbocycles. The van der Waals surface area contributed by atoms with E-state index >= 15 is 0 Å². The molecule has 1 aliphatic rings. The second-order valence-electron chi connectivity index (χ2n) is 17.3. The summed E-state index contributed by atoms with van der Waals surface area (Å²) in [7, 11) is 0. The minimum atomic E-state index is -1.32. The number of H-pyrrole nitrogens is 1. The van der Waals surface area contributed by atoms with E-state index in [9.17, 15) is 28.8 Å². The molecule has 2 heterocycles. The zero-order valence-corrected chi connectivity index (χ0v) is 38.4. The average Bonchev–Trinajstić information content (AvgIpc) is 3.72. The highest BCUT2D eigenvalue weighted by Crippen LogP contribution is 2.33. The Morgan fingerprint density at radius 3 is 2.11 bits per heavy atom. The number of para-hydroxylation sites is 2. The van der Waals surface area contributed by atoms with Crippen molar-refractivity contribution in [3.05, 3.63) is 102 Å². The minimum Gasteiger partial charge on any atom is -0.371 e.